The van der Waals surface area contributed by atoms with Crippen molar-refractivity contribution in [3.8, 4) is 11.5 Å². The maximum atomic E-state index is 12.4. The zero-order chi connectivity index (χ0) is 17.1. The van der Waals surface area contributed by atoms with Gasteiger partial charge >= 0.3 is 0 Å². The summed E-state index contributed by atoms with van der Waals surface area (Å²) in [5.74, 6) is 0.555. The lowest BCUT2D eigenvalue weighted by Gasteiger charge is -2.09. The minimum absolute atomic E-state index is 0.104. The fraction of sp³-hybridized carbons (Fsp3) is 0.111. The maximum absolute atomic E-state index is 12.4. The monoisotopic (exact) mass is 321 g/mol. The lowest BCUT2D eigenvalue weighted by molar-refractivity contribution is 0.101. The molecule has 0 aliphatic heterocycles. The van der Waals surface area contributed by atoms with E-state index in [0.717, 1.165) is 5.56 Å². The Bertz CT molecular complexity index is 898. The molecular weight excluding hydrogens is 306 g/mol. The minimum atomic E-state index is -0.294. The molecule has 0 aliphatic rings. The van der Waals surface area contributed by atoms with E-state index in [2.05, 4.69) is 15.5 Å². The number of amides is 1. The zero-order valence-electron chi connectivity index (χ0n) is 13.2. The molecule has 1 N–H and O–H groups in total. The van der Waals surface area contributed by atoms with Gasteiger partial charge in [0.15, 0.2) is 11.6 Å². The van der Waals surface area contributed by atoms with Gasteiger partial charge in [-0.1, -0.05) is 17.3 Å². The Kier molecular flexibility index (Phi) is 4.20. The van der Waals surface area contributed by atoms with Crippen LogP contribution in [0.1, 0.15) is 33.5 Å². The van der Waals surface area contributed by atoms with E-state index in [-0.39, 0.29) is 11.7 Å². The van der Waals surface area contributed by atoms with Crippen molar-refractivity contribution < 1.29 is 14.1 Å². The topological polar surface area (TPSA) is 85.1 Å². The van der Waals surface area contributed by atoms with Gasteiger partial charge in [-0.3, -0.25) is 9.59 Å². The summed E-state index contributed by atoms with van der Waals surface area (Å²) in [5, 5.41) is 6.50. The molecule has 1 heterocycles. The highest BCUT2D eigenvalue weighted by Crippen LogP contribution is 2.20. The average molecular weight is 321 g/mol. The zero-order valence-corrected chi connectivity index (χ0v) is 13.2. The lowest BCUT2D eigenvalue weighted by atomic mass is 10.1. The second-order valence-electron chi connectivity index (χ2n) is 5.28. The van der Waals surface area contributed by atoms with Gasteiger partial charge in [0.2, 0.25) is 0 Å². The summed E-state index contributed by atoms with van der Waals surface area (Å²) in [4.78, 5) is 28.1. The van der Waals surface area contributed by atoms with Crippen LogP contribution in [0.15, 0.2) is 53.1 Å². The number of ketones is 1. The first-order valence-corrected chi connectivity index (χ1v) is 7.36. The smallest absolute Gasteiger partial charge is 0.257 e. The molecule has 0 spiro atoms. The Morgan fingerprint density at radius 3 is 2.38 bits per heavy atom. The van der Waals surface area contributed by atoms with Gasteiger partial charge in [0.1, 0.15) is 0 Å². The number of nitrogens with zero attached hydrogens (tertiary/aromatic N) is 2. The molecule has 0 fully saturated rings. The van der Waals surface area contributed by atoms with Crippen LogP contribution < -0.4 is 5.32 Å². The summed E-state index contributed by atoms with van der Waals surface area (Å²) in [6.45, 7) is 3.20. The van der Waals surface area contributed by atoms with E-state index in [0.29, 0.717) is 28.5 Å². The third-order valence-corrected chi connectivity index (χ3v) is 3.48. The number of aryl methyl sites for hydroxylation is 1. The molecule has 6 nitrogen and oxygen atoms in total. The molecule has 3 aromatic rings. The number of para-hydroxylation sites is 1. The van der Waals surface area contributed by atoms with E-state index in [4.69, 9.17) is 4.52 Å². The lowest BCUT2D eigenvalue weighted by Crippen LogP contribution is -2.14. The van der Waals surface area contributed by atoms with Crippen molar-refractivity contribution >= 4 is 17.4 Å². The van der Waals surface area contributed by atoms with Crippen molar-refractivity contribution in [1.82, 2.24) is 10.1 Å². The second-order valence-corrected chi connectivity index (χ2v) is 5.28. The second kappa shape index (κ2) is 6.45. The molecular formula is C18H15N3O3. The highest BCUT2D eigenvalue weighted by atomic mass is 16.5. The van der Waals surface area contributed by atoms with Crippen LogP contribution in [0.2, 0.25) is 0 Å². The highest BCUT2D eigenvalue weighted by molar-refractivity contribution is 6.09. The molecule has 0 radical (unpaired) electrons. The molecule has 3 rings (SSSR count). The molecule has 6 heteroatoms. The van der Waals surface area contributed by atoms with Crippen LogP contribution in [0.4, 0.5) is 5.69 Å². The summed E-state index contributed by atoms with van der Waals surface area (Å²) in [6.07, 6.45) is 0. The number of anilines is 1. The molecule has 1 aromatic heterocycles. The fourth-order valence-corrected chi connectivity index (χ4v) is 2.27. The largest absolute Gasteiger partial charge is 0.334 e. The van der Waals surface area contributed by atoms with Gasteiger partial charge in [-0.05, 0) is 50.2 Å². The molecule has 0 saturated carbocycles. The molecule has 24 heavy (non-hydrogen) atoms. The van der Waals surface area contributed by atoms with E-state index in [9.17, 15) is 9.59 Å². The van der Waals surface area contributed by atoms with E-state index >= 15 is 0 Å². The Balaban J connectivity index is 1.80. The van der Waals surface area contributed by atoms with E-state index in [1.807, 2.05) is 0 Å². The van der Waals surface area contributed by atoms with Crippen molar-refractivity contribution in [2.24, 2.45) is 0 Å². The van der Waals surface area contributed by atoms with Gasteiger partial charge < -0.3 is 9.84 Å². The van der Waals surface area contributed by atoms with Crippen molar-refractivity contribution in [1.29, 1.82) is 0 Å². The predicted molar refractivity (Wildman–Crippen MR) is 88.9 cm³/mol. The summed E-state index contributed by atoms with van der Waals surface area (Å²) < 4.78 is 5.09. The SMILES string of the molecule is CC(=O)c1ccccc1NC(=O)c1ccc(-c2nc(C)no2)cc1. The first-order valence-electron chi connectivity index (χ1n) is 7.36. The normalized spacial score (nSPS) is 10.4. The highest BCUT2D eigenvalue weighted by Gasteiger charge is 2.12. The number of aromatic nitrogens is 2. The number of nitrogens with one attached hydrogen (secondary N) is 1. The number of benzene rings is 2. The Morgan fingerprint density at radius 2 is 1.75 bits per heavy atom. The summed E-state index contributed by atoms with van der Waals surface area (Å²) in [6, 6.07) is 13.7. The maximum Gasteiger partial charge on any atom is 0.257 e. The van der Waals surface area contributed by atoms with Gasteiger partial charge in [-0.2, -0.15) is 4.98 Å². The van der Waals surface area contributed by atoms with E-state index in [1.54, 1.807) is 55.5 Å². The van der Waals surface area contributed by atoms with Gasteiger partial charge in [0.25, 0.3) is 11.8 Å². The van der Waals surface area contributed by atoms with Crippen LogP contribution in [0.3, 0.4) is 0 Å². The summed E-state index contributed by atoms with van der Waals surface area (Å²) in [7, 11) is 0. The number of hydrogen-bond acceptors (Lipinski definition) is 5. The fourth-order valence-electron chi connectivity index (χ4n) is 2.27. The van der Waals surface area contributed by atoms with Gasteiger partial charge in [-0.15, -0.1) is 0 Å². The van der Waals surface area contributed by atoms with Crippen molar-refractivity contribution in [3.05, 3.63) is 65.5 Å². The molecule has 0 bridgehead atoms. The molecule has 2 aromatic carbocycles. The number of hydrogen-bond donors (Lipinski definition) is 1. The first-order chi connectivity index (χ1) is 11.5. The van der Waals surface area contributed by atoms with Crippen molar-refractivity contribution in [2.75, 3.05) is 5.32 Å². The van der Waals surface area contributed by atoms with E-state index < -0.39 is 0 Å². The third-order valence-electron chi connectivity index (χ3n) is 3.48. The number of rotatable bonds is 4. The molecule has 1 amide bonds. The van der Waals surface area contributed by atoms with Gasteiger partial charge in [0.05, 0.1) is 5.69 Å². The van der Waals surface area contributed by atoms with Crippen LogP contribution >= 0.6 is 0 Å². The number of Topliss-reactive ketones (excluding diaryl/α,β-unsaturated/α-hetero) is 1. The van der Waals surface area contributed by atoms with Crippen LogP contribution in [-0.2, 0) is 0 Å². The van der Waals surface area contributed by atoms with Crippen molar-refractivity contribution in [2.45, 2.75) is 13.8 Å². The molecule has 0 saturated heterocycles. The van der Waals surface area contributed by atoms with Crippen molar-refractivity contribution in [3.63, 3.8) is 0 Å². The van der Waals surface area contributed by atoms with E-state index in [1.165, 1.54) is 6.92 Å². The quantitative estimate of drug-likeness (QED) is 0.743. The number of carbonyl (C=O) groups is 2. The Morgan fingerprint density at radius 1 is 1.04 bits per heavy atom. The standard InChI is InChI=1S/C18H15N3O3/c1-11(22)15-5-3-4-6-16(15)20-17(23)13-7-9-14(10-8-13)18-19-12(2)21-24-18/h3-10H,1-2H3,(H,20,23). The molecule has 0 atom stereocenters. The average Bonchev–Trinajstić information content (AvgIpc) is 3.02. The Hall–Kier alpha value is -3.28. The Labute approximate surface area is 138 Å². The third kappa shape index (κ3) is 3.22. The summed E-state index contributed by atoms with van der Waals surface area (Å²) >= 11 is 0. The van der Waals surface area contributed by atoms with Gasteiger partial charge in [-0.25, -0.2) is 0 Å². The van der Waals surface area contributed by atoms with Crippen LogP contribution in [0, 0.1) is 6.92 Å². The van der Waals surface area contributed by atoms with Crippen LogP contribution in [0.5, 0.6) is 0 Å². The minimum Gasteiger partial charge on any atom is -0.334 e. The first kappa shape index (κ1) is 15.6. The van der Waals surface area contributed by atoms with Crippen LogP contribution in [0.25, 0.3) is 11.5 Å². The van der Waals surface area contributed by atoms with Crippen LogP contribution in [-0.4, -0.2) is 21.8 Å². The molecule has 0 aliphatic carbocycles. The van der Waals surface area contributed by atoms with Gasteiger partial charge in [0, 0.05) is 16.7 Å². The number of carbonyl (C=O) groups excluding carboxylic acids is 2. The molecule has 0 unspecified atom stereocenters. The predicted octanol–water partition coefficient (Wildman–Crippen LogP) is 3.50. The molecule has 120 valence electrons. The summed E-state index contributed by atoms with van der Waals surface area (Å²) in [5.41, 5.74) is 2.17.